The lowest BCUT2D eigenvalue weighted by Crippen LogP contribution is -2.13. The lowest BCUT2D eigenvalue weighted by atomic mass is 10.1. The summed E-state index contributed by atoms with van der Waals surface area (Å²) in [5, 5.41) is 17.2. The summed E-state index contributed by atoms with van der Waals surface area (Å²) in [5.41, 5.74) is 0.0678. The molecule has 0 aliphatic heterocycles. The second-order valence-electron chi connectivity index (χ2n) is 5.55. The van der Waals surface area contributed by atoms with Gasteiger partial charge in [-0.25, -0.2) is 4.98 Å². The highest BCUT2D eigenvalue weighted by Gasteiger charge is 2.21. The van der Waals surface area contributed by atoms with Crippen molar-refractivity contribution in [3.8, 4) is 0 Å². The van der Waals surface area contributed by atoms with Crippen LogP contribution in [0.3, 0.4) is 0 Å². The maximum absolute atomic E-state index is 10.9. The fraction of sp³-hybridized carbons (Fsp3) is 0.643. The van der Waals surface area contributed by atoms with Gasteiger partial charge in [0.25, 0.3) is 5.69 Å². The third-order valence-electron chi connectivity index (χ3n) is 3.75. The third-order valence-corrected chi connectivity index (χ3v) is 3.75. The molecule has 1 aliphatic rings. The van der Waals surface area contributed by atoms with E-state index in [1.165, 1.54) is 31.4 Å². The number of nitrogens with zero attached hydrogens (tertiary/aromatic N) is 2. The van der Waals surface area contributed by atoms with Crippen LogP contribution in [0.2, 0.25) is 0 Å². The minimum atomic E-state index is -0.384. The first kappa shape index (κ1) is 14.6. The van der Waals surface area contributed by atoms with Gasteiger partial charge in [0.05, 0.1) is 17.1 Å². The van der Waals surface area contributed by atoms with Crippen LogP contribution in [-0.4, -0.2) is 23.0 Å². The van der Waals surface area contributed by atoms with Crippen molar-refractivity contribution in [2.75, 3.05) is 23.7 Å². The maximum atomic E-state index is 10.9. The normalized spacial score (nSPS) is 21.7. The van der Waals surface area contributed by atoms with Gasteiger partial charge < -0.3 is 10.6 Å². The lowest BCUT2D eigenvalue weighted by molar-refractivity contribution is -0.384. The molecule has 0 amide bonds. The van der Waals surface area contributed by atoms with Gasteiger partial charge >= 0.3 is 0 Å². The molecule has 1 saturated carbocycles. The zero-order valence-electron chi connectivity index (χ0n) is 12.1. The predicted molar refractivity (Wildman–Crippen MR) is 80.0 cm³/mol. The molecule has 0 spiro atoms. The van der Waals surface area contributed by atoms with E-state index < -0.39 is 0 Å². The van der Waals surface area contributed by atoms with Crippen LogP contribution in [0.15, 0.2) is 12.1 Å². The van der Waals surface area contributed by atoms with Crippen molar-refractivity contribution in [1.29, 1.82) is 0 Å². The van der Waals surface area contributed by atoms with Crippen molar-refractivity contribution < 1.29 is 4.92 Å². The van der Waals surface area contributed by atoms with Gasteiger partial charge in [-0.3, -0.25) is 10.1 Å². The topological polar surface area (TPSA) is 80.1 Å². The van der Waals surface area contributed by atoms with Crippen LogP contribution in [0.25, 0.3) is 0 Å². The molecular weight excluding hydrogens is 256 g/mol. The fourth-order valence-corrected chi connectivity index (χ4v) is 2.74. The Morgan fingerprint density at radius 1 is 1.35 bits per heavy atom. The molecular formula is C14H22N4O2. The smallest absolute Gasteiger partial charge is 0.276 e. The zero-order chi connectivity index (χ0) is 14.5. The molecule has 1 aromatic heterocycles. The van der Waals surface area contributed by atoms with Gasteiger partial charge in [0.15, 0.2) is 0 Å². The van der Waals surface area contributed by atoms with Gasteiger partial charge in [-0.05, 0) is 31.6 Å². The Balaban J connectivity index is 2.03. The summed E-state index contributed by atoms with van der Waals surface area (Å²) in [6, 6.07) is 2.96. The second kappa shape index (κ2) is 6.54. The third kappa shape index (κ3) is 3.82. The number of anilines is 2. The standard InChI is InChI=1S/C14H22N4O2/c1-3-15-13-7-12(18(19)20)8-14(17-13)16-9-11-5-4-10(2)6-11/h7-8,10-11H,3-6,9H2,1-2H3,(H2,15,16,17). The molecule has 20 heavy (non-hydrogen) atoms. The summed E-state index contributed by atoms with van der Waals surface area (Å²) in [6.45, 7) is 5.74. The minimum Gasteiger partial charge on any atom is -0.370 e. The summed E-state index contributed by atoms with van der Waals surface area (Å²) < 4.78 is 0. The average molecular weight is 278 g/mol. The highest BCUT2D eigenvalue weighted by atomic mass is 16.6. The number of hydrogen-bond acceptors (Lipinski definition) is 5. The van der Waals surface area contributed by atoms with E-state index in [4.69, 9.17) is 0 Å². The molecule has 0 aromatic carbocycles. The first-order valence-corrected chi connectivity index (χ1v) is 7.22. The van der Waals surface area contributed by atoms with E-state index in [1.54, 1.807) is 0 Å². The summed E-state index contributed by atoms with van der Waals surface area (Å²) in [5.74, 6) is 2.56. The molecule has 0 saturated heterocycles. The zero-order valence-corrected chi connectivity index (χ0v) is 12.1. The second-order valence-corrected chi connectivity index (χ2v) is 5.55. The first-order chi connectivity index (χ1) is 9.58. The van der Waals surface area contributed by atoms with Crippen LogP contribution >= 0.6 is 0 Å². The van der Waals surface area contributed by atoms with Crippen LogP contribution in [-0.2, 0) is 0 Å². The van der Waals surface area contributed by atoms with Crippen LogP contribution in [0.4, 0.5) is 17.3 Å². The van der Waals surface area contributed by atoms with Gasteiger partial charge in [-0.15, -0.1) is 0 Å². The van der Waals surface area contributed by atoms with Gasteiger partial charge in [0, 0.05) is 13.1 Å². The van der Waals surface area contributed by atoms with Crippen LogP contribution < -0.4 is 10.6 Å². The molecule has 1 heterocycles. The Kier molecular flexibility index (Phi) is 4.76. The number of pyridine rings is 1. The molecule has 6 nitrogen and oxygen atoms in total. The average Bonchev–Trinajstić information content (AvgIpc) is 2.82. The molecule has 6 heteroatoms. The summed E-state index contributed by atoms with van der Waals surface area (Å²) in [6.07, 6.45) is 3.72. The largest absolute Gasteiger partial charge is 0.370 e. The Bertz CT molecular complexity index is 478. The van der Waals surface area contributed by atoms with Crippen LogP contribution in [0.1, 0.15) is 33.1 Å². The van der Waals surface area contributed by atoms with E-state index in [1.807, 2.05) is 6.92 Å². The summed E-state index contributed by atoms with van der Waals surface area (Å²) in [4.78, 5) is 14.9. The highest BCUT2D eigenvalue weighted by molar-refractivity contribution is 5.54. The minimum absolute atomic E-state index is 0.0678. The number of hydrogen-bond donors (Lipinski definition) is 2. The Morgan fingerprint density at radius 3 is 2.60 bits per heavy atom. The van der Waals surface area contributed by atoms with Crippen molar-refractivity contribution in [2.24, 2.45) is 11.8 Å². The van der Waals surface area contributed by atoms with E-state index in [2.05, 4.69) is 22.5 Å². The van der Waals surface area contributed by atoms with E-state index in [-0.39, 0.29) is 10.6 Å². The van der Waals surface area contributed by atoms with Crippen molar-refractivity contribution >= 4 is 17.3 Å². The summed E-state index contributed by atoms with van der Waals surface area (Å²) >= 11 is 0. The molecule has 110 valence electrons. The SMILES string of the molecule is CCNc1cc([N+](=O)[O-])cc(NCC2CCC(C)C2)n1. The monoisotopic (exact) mass is 278 g/mol. The van der Waals surface area contributed by atoms with Gasteiger partial charge in [0.1, 0.15) is 11.6 Å². The molecule has 0 bridgehead atoms. The van der Waals surface area contributed by atoms with E-state index >= 15 is 0 Å². The molecule has 1 aliphatic carbocycles. The molecule has 1 fully saturated rings. The first-order valence-electron chi connectivity index (χ1n) is 7.22. The van der Waals surface area contributed by atoms with Crippen molar-refractivity contribution in [3.05, 3.63) is 22.2 Å². The Morgan fingerprint density at radius 2 is 2.05 bits per heavy atom. The van der Waals surface area contributed by atoms with Crippen LogP contribution in [0, 0.1) is 22.0 Å². The maximum Gasteiger partial charge on any atom is 0.276 e. The number of nitrogens with one attached hydrogen (secondary N) is 2. The molecule has 2 rings (SSSR count). The highest BCUT2D eigenvalue weighted by Crippen LogP contribution is 2.30. The number of rotatable bonds is 6. The van der Waals surface area contributed by atoms with Crippen molar-refractivity contribution in [3.63, 3.8) is 0 Å². The van der Waals surface area contributed by atoms with Gasteiger partial charge in [0.2, 0.25) is 0 Å². The fourth-order valence-electron chi connectivity index (χ4n) is 2.74. The summed E-state index contributed by atoms with van der Waals surface area (Å²) in [7, 11) is 0. The molecule has 2 unspecified atom stereocenters. The molecule has 0 radical (unpaired) electrons. The van der Waals surface area contributed by atoms with Crippen molar-refractivity contribution in [2.45, 2.75) is 33.1 Å². The quantitative estimate of drug-likeness (QED) is 0.616. The van der Waals surface area contributed by atoms with E-state index in [9.17, 15) is 10.1 Å². The van der Waals surface area contributed by atoms with Crippen molar-refractivity contribution in [1.82, 2.24) is 4.98 Å². The molecule has 1 aromatic rings. The number of aromatic nitrogens is 1. The van der Waals surface area contributed by atoms with E-state index in [0.29, 0.717) is 24.1 Å². The predicted octanol–water partition coefficient (Wildman–Crippen LogP) is 3.27. The van der Waals surface area contributed by atoms with Gasteiger partial charge in [-0.2, -0.15) is 0 Å². The molecule has 2 atom stereocenters. The van der Waals surface area contributed by atoms with E-state index in [0.717, 1.165) is 12.5 Å². The number of nitro groups is 1. The van der Waals surface area contributed by atoms with Gasteiger partial charge in [-0.1, -0.05) is 13.3 Å². The lowest BCUT2D eigenvalue weighted by Gasteiger charge is -2.12. The Hall–Kier alpha value is -1.85. The molecule has 2 N–H and O–H groups in total. The van der Waals surface area contributed by atoms with Crippen LogP contribution in [0.5, 0.6) is 0 Å². The Labute approximate surface area is 119 Å².